The lowest BCUT2D eigenvalue weighted by Gasteiger charge is -1.98. The summed E-state index contributed by atoms with van der Waals surface area (Å²) in [6.45, 7) is 3.74. The Bertz CT molecular complexity index is 513. The number of aromatic nitrogens is 1. The number of nitrogens with zero attached hydrogens (tertiary/aromatic N) is 1. The highest BCUT2D eigenvalue weighted by Crippen LogP contribution is 2.26. The van der Waals surface area contributed by atoms with E-state index in [4.69, 9.17) is 0 Å². The maximum atomic E-state index is 11.2. The molecule has 0 saturated heterocycles. The first-order valence-electron chi connectivity index (χ1n) is 5.76. The van der Waals surface area contributed by atoms with Crippen LogP contribution in [-0.4, -0.2) is 10.8 Å². The van der Waals surface area contributed by atoms with Crippen molar-refractivity contribution in [1.29, 1.82) is 0 Å². The summed E-state index contributed by atoms with van der Waals surface area (Å²) in [4.78, 5) is 16.7. The highest BCUT2D eigenvalue weighted by molar-refractivity contribution is 7.15. The normalized spacial score (nSPS) is 10.5. The minimum absolute atomic E-state index is 0.104. The summed E-state index contributed by atoms with van der Waals surface area (Å²) in [6, 6.07) is 7.72. The van der Waals surface area contributed by atoms with Crippen LogP contribution in [0, 0.1) is 0 Å². The van der Waals surface area contributed by atoms with Gasteiger partial charge in [-0.3, -0.25) is 4.79 Å². The van der Waals surface area contributed by atoms with Crippen LogP contribution in [0.15, 0.2) is 30.5 Å². The summed E-state index contributed by atoms with van der Waals surface area (Å²) < 4.78 is 0. The zero-order valence-electron chi connectivity index (χ0n) is 10.1. The fraction of sp³-hybridized carbons (Fsp3) is 0.286. The van der Waals surface area contributed by atoms with E-state index in [1.165, 1.54) is 9.88 Å². The van der Waals surface area contributed by atoms with E-state index in [0.717, 1.165) is 24.0 Å². The first kappa shape index (κ1) is 12.0. The monoisotopic (exact) mass is 245 g/mol. The van der Waals surface area contributed by atoms with Crippen LogP contribution in [-0.2, 0) is 6.42 Å². The molecule has 1 heterocycles. The van der Waals surface area contributed by atoms with Gasteiger partial charge in [0.15, 0.2) is 5.78 Å². The van der Waals surface area contributed by atoms with Crippen molar-refractivity contribution >= 4 is 17.1 Å². The van der Waals surface area contributed by atoms with Crippen molar-refractivity contribution in [2.45, 2.75) is 26.7 Å². The maximum absolute atomic E-state index is 11.2. The van der Waals surface area contributed by atoms with E-state index in [-0.39, 0.29) is 5.78 Å². The molecular weight excluding hydrogens is 230 g/mol. The molecule has 0 spiro atoms. The van der Waals surface area contributed by atoms with Crippen LogP contribution >= 0.6 is 11.3 Å². The van der Waals surface area contributed by atoms with Gasteiger partial charge in [-0.2, -0.15) is 0 Å². The molecule has 1 aromatic carbocycles. The molecule has 2 rings (SSSR count). The molecular formula is C14H15NOS. The number of ketones is 1. The third kappa shape index (κ3) is 2.80. The Morgan fingerprint density at radius 1 is 1.29 bits per heavy atom. The number of rotatable bonds is 4. The minimum Gasteiger partial charge on any atom is -0.295 e. The van der Waals surface area contributed by atoms with E-state index >= 15 is 0 Å². The van der Waals surface area contributed by atoms with Gasteiger partial charge in [0.05, 0.1) is 9.88 Å². The van der Waals surface area contributed by atoms with Gasteiger partial charge in [-0.25, -0.2) is 4.98 Å². The van der Waals surface area contributed by atoms with E-state index in [9.17, 15) is 4.79 Å². The lowest BCUT2D eigenvalue weighted by molar-refractivity contribution is 0.101. The standard InChI is InChI=1S/C14H15NOS/c1-3-4-14-15-9-13(17-14)12-7-5-11(6-8-12)10(2)16/h5-9H,3-4H2,1-2H3. The van der Waals surface area contributed by atoms with Gasteiger partial charge in [0.2, 0.25) is 0 Å². The van der Waals surface area contributed by atoms with E-state index < -0.39 is 0 Å². The first-order chi connectivity index (χ1) is 8.20. The summed E-state index contributed by atoms with van der Waals surface area (Å²) in [6.07, 6.45) is 4.07. The Morgan fingerprint density at radius 3 is 2.59 bits per heavy atom. The lowest BCUT2D eigenvalue weighted by atomic mass is 10.1. The lowest BCUT2D eigenvalue weighted by Crippen LogP contribution is -1.90. The van der Waals surface area contributed by atoms with E-state index in [2.05, 4.69) is 11.9 Å². The Labute approximate surface area is 105 Å². The fourth-order valence-corrected chi connectivity index (χ4v) is 2.67. The predicted molar refractivity (Wildman–Crippen MR) is 71.5 cm³/mol. The second kappa shape index (κ2) is 5.23. The van der Waals surface area contributed by atoms with E-state index in [1.807, 2.05) is 30.5 Å². The van der Waals surface area contributed by atoms with Crippen LogP contribution in [0.2, 0.25) is 0 Å². The molecule has 0 fully saturated rings. The summed E-state index contributed by atoms with van der Waals surface area (Å²) in [5.74, 6) is 0.104. The minimum atomic E-state index is 0.104. The van der Waals surface area contributed by atoms with Crippen LogP contribution in [0.4, 0.5) is 0 Å². The third-order valence-corrected chi connectivity index (χ3v) is 3.70. The Morgan fingerprint density at radius 2 is 2.00 bits per heavy atom. The van der Waals surface area contributed by atoms with Crippen molar-refractivity contribution in [3.63, 3.8) is 0 Å². The second-order valence-corrected chi connectivity index (χ2v) is 5.12. The van der Waals surface area contributed by atoms with E-state index in [0.29, 0.717) is 0 Å². The molecule has 0 radical (unpaired) electrons. The molecule has 0 aliphatic carbocycles. The summed E-state index contributed by atoms with van der Waals surface area (Å²) in [5.41, 5.74) is 1.89. The maximum Gasteiger partial charge on any atom is 0.159 e. The van der Waals surface area contributed by atoms with Gasteiger partial charge in [0.25, 0.3) is 0 Å². The van der Waals surface area contributed by atoms with Crippen LogP contribution in [0.3, 0.4) is 0 Å². The van der Waals surface area contributed by atoms with Crippen LogP contribution in [0.1, 0.15) is 35.6 Å². The third-order valence-electron chi connectivity index (χ3n) is 2.59. The van der Waals surface area contributed by atoms with Gasteiger partial charge >= 0.3 is 0 Å². The van der Waals surface area contributed by atoms with Crippen molar-refractivity contribution in [2.75, 3.05) is 0 Å². The molecule has 3 heteroatoms. The molecule has 0 aliphatic rings. The second-order valence-electron chi connectivity index (χ2n) is 4.00. The SMILES string of the molecule is CCCc1ncc(-c2ccc(C(C)=O)cc2)s1. The molecule has 0 amide bonds. The molecule has 17 heavy (non-hydrogen) atoms. The van der Waals surface area contributed by atoms with Gasteiger partial charge in [-0.05, 0) is 25.3 Å². The molecule has 0 bridgehead atoms. The summed E-state index contributed by atoms with van der Waals surface area (Å²) in [5, 5.41) is 1.18. The number of benzene rings is 1. The zero-order valence-corrected chi connectivity index (χ0v) is 10.9. The van der Waals surface area contributed by atoms with Crippen LogP contribution in [0.5, 0.6) is 0 Å². The highest BCUT2D eigenvalue weighted by atomic mass is 32.1. The largest absolute Gasteiger partial charge is 0.295 e. The van der Waals surface area contributed by atoms with Crippen molar-refractivity contribution in [1.82, 2.24) is 4.98 Å². The Hall–Kier alpha value is -1.48. The summed E-state index contributed by atoms with van der Waals surface area (Å²) in [7, 11) is 0. The number of aryl methyl sites for hydroxylation is 1. The summed E-state index contributed by atoms with van der Waals surface area (Å²) >= 11 is 1.73. The van der Waals surface area contributed by atoms with Crippen molar-refractivity contribution in [2.24, 2.45) is 0 Å². The van der Waals surface area contributed by atoms with E-state index in [1.54, 1.807) is 18.3 Å². The van der Waals surface area contributed by atoms with Gasteiger partial charge in [0.1, 0.15) is 0 Å². The Balaban J connectivity index is 2.23. The van der Waals surface area contributed by atoms with Crippen molar-refractivity contribution in [3.8, 4) is 10.4 Å². The van der Waals surface area contributed by atoms with Crippen molar-refractivity contribution in [3.05, 3.63) is 41.0 Å². The topological polar surface area (TPSA) is 30.0 Å². The predicted octanol–water partition coefficient (Wildman–Crippen LogP) is 3.97. The highest BCUT2D eigenvalue weighted by Gasteiger charge is 2.05. The van der Waals surface area contributed by atoms with Gasteiger partial charge in [-0.1, -0.05) is 31.2 Å². The fourth-order valence-electron chi connectivity index (χ4n) is 1.64. The number of carbonyl (C=O) groups excluding carboxylic acids is 1. The molecule has 0 saturated carbocycles. The van der Waals surface area contributed by atoms with Crippen molar-refractivity contribution < 1.29 is 4.79 Å². The molecule has 88 valence electrons. The van der Waals surface area contributed by atoms with Gasteiger partial charge in [0, 0.05) is 11.8 Å². The zero-order chi connectivity index (χ0) is 12.3. The molecule has 0 N–H and O–H groups in total. The molecule has 0 unspecified atom stereocenters. The average molecular weight is 245 g/mol. The smallest absolute Gasteiger partial charge is 0.159 e. The van der Waals surface area contributed by atoms with Crippen LogP contribution < -0.4 is 0 Å². The van der Waals surface area contributed by atoms with Gasteiger partial charge < -0.3 is 0 Å². The average Bonchev–Trinajstić information content (AvgIpc) is 2.78. The number of hydrogen-bond donors (Lipinski definition) is 0. The molecule has 2 aromatic rings. The number of thiazole rings is 1. The van der Waals surface area contributed by atoms with Gasteiger partial charge in [-0.15, -0.1) is 11.3 Å². The first-order valence-corrected chi connectivity index (χ1v) is 6.58. The molecule has 1 aromatic heterocycles. The number of carbonyl (C=O) groups is 1. The molecule has 2 nitrogen and oxygen atoms in total. The number of Topliss-reactive ketones (excluding diaryl/α,β-unsaturated/α-hetero) is 1. The quantitative estimate of drug-likeness (QED) is 0.763. The van der Waals surface area contributed by atoms with Crippen LogP contribution in [0.25, 0.3) is 10.4 Å². The molecule has 0 atom stereocenters. The Kier molecular flexibility index (Phi) is 3.69. The number of hydrogen-bond acceptors (Lipinski definition) is 3. The molecule has 0 aliphatic heterocycles.